The van der Waals surface area contributed by atoms with Gasteiger partial charge in [0.1, 0.15) is 0 Å². The van der Waals surface area contributed by atoms with Crippen LogP contribution in [-0.2, 0) is 15.5 Å². The summed E-state index contributed by atoms with van der Waals surface area (Å²) in [4.78, 5) is 24.7. The predicted octanol–water partition coefficient (Wildman–Crippen LogP) is 3.25. The molecule has 156 valence electrons. The molecule has 0 radical (unpaired) electrons. The second-order valence-electron chi connectivity index (χ2n) is 7.55. The zero-order chi connectivity index (χ0) is 21.0. The molecule has 0 bridgehead atoms. The summed E-state index contributed by atoms with van der Waals surface area (Å²) >= 11 is 0. The summed E-state index contributed by atoms with van der Waals surface area (Å²) in [5, 5.41) is 16.1. The highest BCUT2D eigenvalue weighted by atomic mass is 19.3. The lowest BCUT2D eigenvalue weighted by atomic mass is 9.98. The molecule has 2 atom stereocenters. The van der Waals surface area contributed by atoms with E-state index in [2.05, 4.69) is 10.6 Å². The SMILES string of the molecule is CCCCC(NC(=O)C(F)(F)c1cccc2ccccc12)C(O)C(=O)NC1CC1. The van der Waals surface area contributed by atoms with Crippen molar-refractivity contribution in [2.45, 2.75) is 63.1 Å². The number of hydrogen-bond acceptors (Lipinski definition) is 3. The van der Waals surface area contributed by atoms with Crippen molar-refractivity contribution in [3.05, 3.63) is 48.0 Å². The zero-order valence-electron chi connectivity index (χ0n) is 16.3. The lowest BCUT2D eigenvalue weighted by Crippen LogP contribution is -2.53. The third kappa shape index (κ3) is 4.90. The number of fused-ring (bicyclic) bond motifs is 1. The van der Waals surface area contributed by atoms with E-state index in [0.29, 0.717) is 11.8 Å². The average Bonchev–Trinajstić information content (AvgIpc) is 3.53. The van der Waals surface area contributed by atoms with Gasteiger partial charge < -0.3 is 15.7 Å². The number of amides is 2. The normalized spacial score (nSPS) is 16.3. The topological polar surface area (TPSA) is 78.4 Å². The van der Waals surface area contributed by atoms with E-state index in [0.717, 1.165) is 19.3 Å². The number of carbonyl (C=O) groups is 2. The van der Waals surface area contributed by atoms with E-state index < -0.39 is 35.4 Å². The van der Waals surface area contributed by atoms with E-state index in [-0.39, 0.29) is 17.8 Å². The van der Waals surface area contributed by atoms with Crippen LogP contribution in [-0.4, -0.2) is 35.1 Å². The standard InChI is InChI=1S/C22H26F2N2O3/c1-2-3-11-18(19(27)20(28)25-15-12-13-15)26-21(29)22(23,24)17-10-6-8-14-7-4-5-9-16(14)17/h4-10,15,18-19,27H,2-3,11-13H2,1H3,(H,25,28)(H,26,29). The van der Waals surface area contributed by atoms with Crippen molar-refractivity contribution in [3.63, 3.8) is 0 Å². The highest BCUT2D eigenvalue weighted by Crippen LogP contribution is 2.34. The molecule has 0 spiro atoms. The maximum absolute atomic E-state index is 15.1. The highest BCUT2D eigenvalue weighted by Gasteiger charge is 2.44. The van der Waals surface area contributed by atoms with E-state index in [1.54, 1.807) is 30.3 Å². The van der Waals surface area contributed by atoms with E-state index in [9.17, 15) is 14.7 Å². The Balaban J connectivity index is 1.80. The van der Waals surface area contributed by atoms with Gasteiger partial charge in [-0.15, -0.1) is 0 Å². The van der Waals surface area contributed by atoms with Gasteiger partial charge in [0, 0.05) is 11.6 Å². The summed E-state index contributed by atoms with van der Waals surface area (Å²) in [5.41, 5.74) is -0.403. The van der Waals surface area contributed by atoms with E-state index >= 15 is 8.78 Å². The Morgan fingerprint density at radius 3 is 2.55 bits per heavy atom. The van der Waals surface area contributed by atoms with Gasteiger partial charge in [-0.1, -0.05) is 62.2 Å². The van der Waals surface area contributed by atoms with Crippen LogP contribution in [0.15, 0.2) is 42.5 Å². The summed E-state index contributed by atoms with van der Waals surface area (Å²) in [7, 11) is 0. The van der Waals surface area contributed by atoms with Crippen molar-refractivity contribution < 1.29 is 23.5 Å². The minimum atomic E-state index is -3.81. The molecule has 3 rings (SSSR count). The second kappa shape index (κ2) is 8.86. The van der Waals surface area contributed by atoms with Gasteiger partial charge in [-0.2, -0.15) is 8.78 Å². The largest absolute Gasteiger partial charge is 0.381 e. The minimum absolute atomic E-state index is 0.0248. The van der Waals surface area contributed by atoms with Gasteiger partial charge in [0.2, 0.25) is 0 Å². The third-order valence-corrected chi connectivity index (χ3v) is 5.17. The zero-order valence-corrected chi connectivity index (χ0v) is 16.3. The molecule has 0 aliphatic heterocycles. The Morgan fingerprint density at radius 1 is 1.17 bits per heavy atom. The van der Waals surface area contributed by atoms with Gasteiger partial charge >= 0.3 is 5.92 Å². The van der Waals surface area contributed by atoms with E-state index in [1.807, 2.05) is 6.92 Å². The fourth-order valence-electron chi connectivity index (χ4n) is 3.31. The Morgan fingerprint density at radius 2 is 1.86 bits per heavy atom. The molecule has 1 aliphatic rings. The van der Waals surface area contributed by atoms with Gasteiger partial charge in [0.25, 0.3) is 11.8 Å². The van der Waals surface area contributed by atoms with Gasteiger partial charge in [-0.3, -0.25) is 9.59 Å². The van der Waals surface area contributed by atoms with Crippen molar-refractivity contribution in [3.8, 4) is 0 Å². The molecule has 2 aromatic rings. The number of aliphatic hydroxyl groups excluding tert-OH is 1. The van der Waals surface area contributed by atoms with Gasteiger partial charge in [0.05, 0.1) is 6.04 Å². The average molecular weight is 404 g/mol. The highest BCUT2D eigenvalue weighted by molar-refractivity contribution is 5.94. The predicted molar refractivity (Wildman–Crippen MR) is 106 cm³/mol. The van der Waals surface area contributed by atoms with Crippen LogP contribution < -0.4 is 10.6 Å². The maximum atomic E-state index is 15.1. The van der Waals surface area contributed by atoms with Crippen molar-refractivity contribution in [1.82, 2.24) is 10.6 Å². The number of benzene rings is 2. The molecule has 5 nitrogen and oxygen atoms in total. The minimum Gasteiger partial charge on any atom is -0.381 e. The fraction of sp³-hybridized carbons (Fsp3) is 0.455. The summed E-state index contributed by atoms with van der Waals surface area (Å²) in [6, 6.07) is 9.95. The quantitative estimate of drug-likeness (QED) is 0.600. The van der Waals surface area contributed by atoms with Crippen molar-refractivity contribution in [1.29, 1.82) is 0 Å². The summed E-state index contributed by atoms with van der Waals surface area (Å²) in [5.74, 6) is -5.96. The first-order valence-corrected chi connectivity index (χ1v) is 10.00. The van der Waals surface area contributed by atoms with Crippen LogP contribution in [0.1, 0.15) is 44.6 Å². The van der Waals surface area contributed by atoms with Crippen molar-refractivity contribution in [2.75, 3.05) is 0 Å². The van der Waals surface area contributed by atoms with Gasteiger partial charge in [0.15, 0.2) is 6.10 Å². The van der Waals surface area contributed by atoms with Crippen LogP contribution in [0.25, 0.3) is 10.8 Å². The smallest absolute Gasteiger partial charge is 0.350 e. The number of nitrogens with one attached hydrogen (secondary N) is 2. The lowest BCUT2D eigenvalue weighted by molar-refractivity contribution is -0.149. The monoisotopic (exact) mass is 404 g/mol. The molecule has 1 saturated carbocycles. The Kier molecular flexibility index (Phi) is 6.47. The van der Waals surface area contributed by atoms with E-state index in [4.69, 9.17) is 0 Å². The number of rotatable bonds is 9. The van der Waals surface area contributed by atoms with Gasteiger partial charge in [-0.25, -0.2) is 0 Å². The summed E-state index contributed by atoms with van der Waals surface area (Å²) in [6.07, 6.45) is 1.65. The maximum Gasteiger partial charge on any atom is 0.350 e. The number of unbranched alkanes of at least 4 members (excludes halogenated alkanes) is 1. The second-order valence-corrected chi connectivity index (χ2v) is 7.55. The van der Waals surface area contributed by atoms with Crippen molar-refractivity contribution in [2.24, 2.45) is 0 Å². The molecule has 1 fully saturated rings. The first-order chi connectivity index (χ1) is 13.8. The number of hydrogen-bond donors (Lipinski definition) is 3. The van der Waals surface area contributed by atoms with Crippen LogP contribution in [0.4, 0.5) is 8.78 Å². The first-order valence-electron chi connectivity index (χ1n) is 10.00. The molecule has 2 unspecified atom stereocenters. The first kappa shape index (κ1) is 21.2. The van der Waals surface area contributed by atoms with E-state index in [1.165, 1.54) is 12.1 Å². The number of carbonyl (C=O) groups excluding carboxylic acids is 2. The molecule has 3 N–H and O–H groups in total. The molecular formula is C22H26F2N2O3. The molecule has 2 amide bonds. The van der Waals surface area contributed by atoms with Crippen LogP contribution >= 0.6 is 0 Å². The number of halogens is 2. The summed E-state index contributed by atoms with van der Waals surface area (Å²) < 4.78 is 30.1. The lowest BCUT2D eigenvalue weighted by Gasteiger charge is -2.26. The Bertz CT molecular complexity index is 878. The fourth-order valence-corrected chi connectivity index (χ4v) is 3.31. The van der Waals surface area contributed by atoms with Crippen LogP contribution in [0, 0.1) is 0 Å². The Labute approximate surface area is 168 Å². The molecular weight excluding hydrogens is 378 g/mol. The summed E-state index contributed by atoms with van der Waals surface area (Å²) in [6.45, 7) is 1.90. The Hall–Kier alpha value is -2.54. The molecule has 0 aromatic heterocycles. The number of aliphatic hydroxyl groups is 1. The van der Waals surface area contributed by atoms with Gasteiger partial charge in [-0.05, 0) is 30.0 Å². The molecule has 29 heavy (non-hydrogen) atoms. The van der Waals surface area contributed by atoms with Crippen molar-refractivity contribution >= 4 is 22.6 Å². The molecule has 0 saturated heterocycles. The molecule has 1 aliphatic carbocycles. The molecule has 2 aromatic carbocycles. The third-order valence-electron chi connectivity index (χ3n) is 5.17. The van der Waals surface area contributed by atoms with Crippen LogP contribution in [0.3, 0.4) is 0 Å². The number of alkyl halides is 2. The molecule has 7 heteroatoms. The van der Waals surface area contributed by atoms with Crippen LogP contribution in [0.2, 0.25) is 0 Å². The van der Waals surface area contributed by atoms with Crippen LogP contribution in [0.5, 0.6) is 0 Å². The molecule has 0 heterocycles.